The zero-order valence-corrected chi connectivity index (χ0v) is 13.0. The summed E-state index contributed by atoms with van der Waals surface area (Å²) in [5.41, 5.74) is 2.27. The molecule has 0 N–H and O–H groups in total. The minimum atomic E-state index is 1.11. The van der Waals surface area contributed by atoms with E-state index in [-0.39, 0.29) is 0 Å². The minimum absolute atomic E-state index is 1.11. The Morgan fingerprint density at radius 3 is 1.72 bits per heavy atom. The topological polar surface area (TPSA) is 0 Å². The average Bonchev–Trinajstić information content (AvgIpc) is 2.47. The van der Waals surface area contributed by atoms with Gasteiger partial charge in [0.05, 0.1) is 0 Å². The number of allylic oxidation sites excluding steroid dienone is 10. The molecule has 0 radical (unpaired) electrons. The number of rotatable bonds is 5. The van der Waals surface area contributed by atoms with Crippen molar-refractivity contribution in [2.24, 2.45) is 0 Å². The van der Waals surface area contributed by atoms with E-state index in [0.29, 0.717) is 0 Å². The third kappa shape index (κ3) is 12.5. The van der Waals surface area contributed by atoms with Crippen LogP contribution in [0.4, 0.5) is 0 Å². The molecule has 0 amide bonds. The molecule has 0 saturated heterocycles. The van der Waals surface area contributed by atoms with Crippen LogP contribution in [0.15, 0.2) is 72.9 Å². The van der Waals surface area contributed by atoms with Gasteiger partial charge in [-0.25, -0.2) is 0 Å². The van der Waals surface area contributed by atoms with Crippen molar-refractivity contribution in [1.82, 2.24) is 0 Å². The smallest absolute Gasteiger partial charge is 0.0193 e. The molecular formula is C18H30. The van der Waals surface area contributed by atoms with Crippen LogP contribution in [0.1, 0.15) is 41.5 Å². The standard InChI is InChI=1S/C14H18.2C2H6/c1-5-9-11-13(7-3)14(8-4)12-10-6-2;2*1-2/h5-12H,1,4H2,2-3H3;2*1-2H3/b10-6-,11-9-,13-7+,14-12+;;. The van der Waals surface area contributed by atoms with E-state index in [1.165, 1.54) is 0 Å². The maximum absolute atomic E-state index is 3.79. The van der Waals surface area contributed by atoms with Crippen molar-refractivity contribution in [2.75, 3.05) is 0 Å². The molecule has 0 aromatic carbocycles. The van der Waals surface area contributed by atoms with Crippen LogP contribution < -0.4 is 0 Å². The fourth-order valence-corrected chi connectivity index (χ4v) is 1.01. The van der Waals surface area contributed by atoms with E-state index < -0.39 is 0 Å². The molecule has 0 saturated carbocycles. The zero-order chi connectivity index (χ0) is 14.8. The van der Waals surface area contributed by atoms with Gasteiger partial charge in [-0.1, -0.05) is 89.5 Å². The highest BCUT2D eigenvalue weighted by Crippen LogP contribution is 2.12. The van der Waals surface area contributed by atoms with Gasteiger partial charge in [0.2, 0.25) is 0 Å². The van der Waals surface area contributed by atoms with Crippen molar-refractivity contribution in [2.45, 2.75) is 41.5 Å². The van der Waals surface area contributed by atoms with Gasteiger partial charge in [-0.2, -0.15) is 0 Å². The minimum Gasteiger partial charge on any atom is -0.0991 e. The van der Waals surface area contributed by atoms with E-state index in [9.17, 15) is 0 Å². The first-order valence-corrected chi connectivity index (χ1v) is 6.71. The van der Waals surface area contributed by atoms with Crippen molar-refractivity contribution in [1.29, 1.82) is 0 Å². The van der Waals surface area contributed by atoms with Crippen LogP contribution in [0.3, 0.4) is 0 Å². The van der Waals surface area contributed by atoms with E-state index in [1.54, 1.807) is 6.08 Å². The lowest BCUT2D eigenvalue weighted by Crippen LogP contribution is -1.81. The molecule has 0 aromatic rings. The van der Waals surface area contributed by atoms with Gasteiger partial charge in [0.25, 0.3) is 0 Å². The highest BCUT2D eigenvalue weighted by molar-refractivity contribution is 5.47. The summed E-state index contributed by atoms with van der Waals surface area (Å²) in [5.74, 6) is 0. The van der Waals surface area contributed by atoms with Crippen molar-refractivity contribution >= 4 is 0 Å². The predicted octanol–water partition coefficient (Wildman–Crippen LogP) is 6.42. The van der Waals surface area contributed by atoms with Gasteiger partial charge in [-0.15, -0.1) is 0 Å². The highest BCUT2D eigenvalue weighted by Gasteiger charge is 1.93. The second kappa shape index (κ2) is 20.8. The molecule has 0 aliphatic carbocycles. The maximum Gasteiger partial charge on any atom is -0.0193 e. The van der Waals surface area contributed by atoms with Crippen molar-refractivity contribution in [3.05, 3.63) is 72.9 Å². The lowest BCUT2D eigenvalue weighted by molar-refractivity contribution is 1.50. The summed E-state index contributed by atoms with van der Waals surface area (Å²) in [7, 11) is 0. The molecule has 0 bridgehead atoms. The Morgan fingerprint density at radius 1 is 0.833 bits per heavy atom. The summed E-state index contributed by atoms with van der Waals surface area (Å²) in [6, 6.07) is 0. The summed E-state index contributed by atoms with van der Waals surface area (Å²) in [6.07, 6.45) is 15.6. The fraction of sp³-hybridized carbons (Fsp3) is 0.333. The molecule has 0 nitrogen and oxygen atoms in total. The second-order valence-corrected chi connectivity index (χ2v) is 2.69. The van der Waals surface area contributed by atoms with Crippen molar-refractivity contribution in [3.8, 4) is 0 Å². The molecule has 0 aliphatic rings. The van der Waals surface area contributed by atoms with E-state index in [1.807, 2.05) is 78.0 Å². The first-order chi connectivity index (χ1) is 8.79. The Bertz CT molecular complexity index is 296. The van der Waals surface area contributed by atoms with E-state index >= 15 is 0 Å². The van der Waals surface area contributed by atoms with Gasteiger partial charge in [-0.3, -0.25) is 0 Å². The Hall–Kier alpha value is -1.56. The molecule has 0 unspecified atom stereocenters. The Kier molecular flexibility index (Phi) is 25.1. The third-order valence-corrected chi connectivity index (χ3v) is 1.74. The van der Waals surface area contributed by atoms with Gasteiger partial charge in [0, 0.05) is 0 Å². The van der Waals surface area contributed by atoms with Gasteiger partial charge in [-0.05, 0) is 25.0 Å². The number of hydrogen-bond acceptors (Lipinski definition) is 0. The molecule has 102 valence electrons. The van der Waals surface area contributed by atoms with Gasteiger partial charge in [0.15, 0.2) is 0 Å². The van der Waals surface area contributed by atoms with Crippen LogP contribution in [-0.4, -0.2) is 0 Å². The Morgan fingerprint density at radius 2 is 1.39 bits per heavy atom. The SMILES string of the molecule is C=C\C=C/C(=C\C)C(/C=C)=C/C=C\C.CC.CC. The van der Waals surface area contributed by atoms with E-state index in [0.717, 1.165) is 11.1 Å². The number of hydrogen-bond donors (Lipinski definition) is 0. The van der Waals surface area contributed by atoms with E-state index in [2.05, 4.69) is 19.2 Å². The van der Waals surface area contributed by atoms with Gasteiger partial charge >= 0.3 is 0 Å². The maximum atomic E-state index is 3.79. The second-order valence-electron chi connectivity index (χ2n) is 2.69. The monoisotopic (exact) mass is 246 g/mol. The molecule has 0 heteroatoms. The first kappa shape index (κ1) is 21.7. The lowest BCUT2D eigenvalue weighted by Gasteiger charge is -2.00. The van der Waals surface area contributed by atoms with Crippen LogP contribution in [0.5, 0.6) is 0 Å². The first-order valence-electron chi connectivity index (χ1n) is 6.71. The van der Waals surface area contributed by atoms with Crippen LogP contribution in [0.2, 0.25) is 0 Å². The zero-order valence-electron chi connectivity index (χ0n) is 13.0. The molecular weight excluding hydrogens is 216 g/mol. The summed E-state index contributed by atoms with van der Waals surface area (Å²) in [6.45, 7) is 19.4. The lowest BCUT2D eigenvalue weighted by atomic mass is 10.0. The van der Waals surface area contributed by atoms with Crippen LogP contribution in [-0.2, 0) is 0 Å². The fourth-order valence-electron chi connectivity index (χ4n) is 1.01. The van der Waals surface area contributed by atoms with Gasteiger partial charge in [0.1, 0.15) is 0 Å². The molecule has 18 heavy (non-hydrogen) atoms. The molecule has 0 aliphatic heterocycles. The molecule has 0 atom stereocenters. The molecule has 0 aromatic heterocycles. The molecule has 0 heterocycles. The normalized spacial score (nSPS) is 11.4. The van der Waals surface area contributed by atoms with E-state index in [4.69, 9.17) is 0 Å². The Balaban J connectivity index is -0.000000506. The summed E-state index contributed by atoms with van der Waals surface area (Å²) >= 11 is 0. The van der Waals surface area contributed by atoms with Crippen LogP contribution >= 0.6 is 0 Å². The van der Waals surface area contributed by atoms with Crippen molar-refractivity contribution < 1.29 is 0 Å². The summed E-state index contributed by atoms with van der Waals surface area (Å²) < 4.78 is 0. The van der Waals surface area contributed by atoms with Gasteiger partial charge < -0.3 is 0 Å². The van der Waals surface area contributed by atoms with Crippen LogP contribution in [0.25, 0.3) is 0 Å². The van der Waals surface area contributed by atoms with Crippen LogP contribution in [0, 0.1) is 0 Å². The molecule has 0 spiro atoms. The molecule has 0 rings (SSSR count). The highest BCUT2D eigenvalue weighted by atomic mass is 14.0. The Labute approximate surface area is 115 Å². The summed E-state index contributed by atoms with van der Waals surface area (Å²) in [5, 5.41) is 0. The third-order valence-electron chi connectivity index (χ3n) is 1.74. The molecule has 0 fully saturated rings. The average molecular weight is 246 g/mol. The predicted molar refractivity (Wildman–Crippen MR) is 88.9 cm³/mol. The summed E-state index contributed by atoms with van der Waals surface area (Å²) in [4.78, 5) is 0. The van der Waals surface area contributed by atoms with Crippen molar-refractivity contribution in [3.63, 3.8) is 0 Å². The largest absolute Gasteiger partial charge is 0.0991 e. The quantitative estimate of drug-likeness (QED) is 0.491.